The molecule has 3 aromatic carbocycles. The van der Waals surface area contributed by atoms with Crippen LogP contribution < -0.4 is 9.47 Å². The predicted octanol–water partition coefficient (Wildman–Crippen LogP) is 7.88. The Bertz CT molecular complexity index is 1010. The van der Waals surface area contributed by atoms with Crippen LogP contribution in [0.25, 0.3) is 12.2 Å². The molecule has 0 saturated carbocycles. The van der Waals surface area contributed by atoms with Crippen molar-refractivity contribution in [3.05, 3.63) is 107 Å². The number of benzene rings is 3. The molecule has 4 nitrogen and oxygen atoms in total. The van der Waals surface area contributed by atoms with E-state index in [4.69, 9.17) is 9.47 Å². The maximum Gasteiger partial charge on any atom is 0.336 e. The van der Waals surface area contributed by atoms with E-state index in [0.717, 1.165) is 23.2 Å². The summed E-state index contributed by atoms with van der Waals surface area (Å²) in [7, 11) is 1.59. The highest BCUT2D eigenvalue weighted by atomic mass is 16.5. The van der Waals surface area contributed by atoms with Gasteiger partial charge in [0.25, 0.3) is 0 Å². The molecule has 0 spiro atoms. The summed E-state index contributed by atoms with van der Waals surface area (Å²) >= 11 is 0. The Hall–Kier alpha value is -3.92. The van der Waals surface area contributed by atoms with Gasteiger partial charge in [0.15, 0.2) is 0 Å². The van der Waals surface area contributed by atoms with Gasteiger partial charge in [-0.1, -0.05) is 93.4 Å². The summed E-state index contributed by atoms with van der Waals surface area (Å²) in [5.41, 5.74) is 4.43. The summed E-state index contributed by atoms with van der Waals surface area (Å²) in [6.45, 7) is 12.1. The highest BCUT2D eigenvalue weighted by molar-refractivity contribution is 5.88. The topological polar surface area (TPSA) is 52.6 Å². The molecule has 0 heterocycles. The maximum atomic E-state index is 11.7. The second-order valence-corrected chi connectivity index (χ2v) is 6.75. The number of methoxy groups -OCH3 is 1. The van der Waals surface area contributed by atoms with E-state index < -0.39 is 5.97 Å². The van der Waals surface area contributed by atoms with Gasteiger partial charge < -0.3 is 9.47 Å². The number of hydrogen-bond acceptors (Lipinski definition) is 4. The first-order valence-corrected chi connectivity index (χ1v) is 11.8. The lowest BCUT2D eigenvalue weighted by atomic mass is 10.1. The number of aryl methyl sites for hydroxylation is 2. The zero-order chi connectivity index (χ0) is 26.5. The molecule has 3 rings (SSSR count). The van der Waals surface area contributed by atoms with Gasteiger partial charge in [-0.25, -0.2) is 4.79 Å². The molecule has 35 heavy (non-hydrogen) atoms. The standard InChI is InChI=1S/C17H16O3.C10H10O.2C2H6/c1-13-3-5-14(6-4-13)7-12-17(18)20-16-10-8-15(19-2)9-11-16;1-9-4-6-10(7-5-9)3-2-8-11;2*1-2/h3-12H,1-2H3;2-8H,1H3;2*1-2H3/b12-7+;3-2+;;. The average Bonchev–Trinajstić information content (AvgIpc) is 2.91. The maximum absolute atomic E-state index is 11.7. The van der Waals surface area contributed by atoms with E-state index in [9.17, 15) is 9.59 Å². The monoisotopic (exact) mass is 474 g/mol. The number of carbonyl (C=O) groups excluding carboxylic acids is 2. The molecule has 0 aliphatic carbocycles. The van der Waals surface area contributed by atoms with Gasteiger partial charge in [0.1, 0.15) is 17.8 Å². The van der Waals surface area contributed by atoms with Crippen LogP contribution in [0.5, 0.6) is 11.5 Å². The van der Waals surface area contributed by atoms with E-state index >= 15 is 0 Å². The lowest BCUT2D eigenvalue weighted by molar-refractivity contribution is -0.128. The second kappa shape index (κ2) is 19.5. The molecule has 0 saturated heterocycles. The molecule has 0 N–H and O–H groups in total. The first kappa shape index (κ1) is 31.1. The van der Waals surface area contributed by atoms with Gasteiger partial charge in [-0.2, -0.15) is 0 Å². The first-order chi connectivity index (χ1) is 17.0. The minimum Gasteiger partial charge on any atom is -0.497 e. The fraction of sp³-hybridized carbons (Fsp3) is 0.226. The van der Waals surface area contributed by atoms with Gasteiger partial charge in [0.05, 0.1) is 7.11 Å². The molecule has 0 bridgehead atoms. The zero-order valence-corrected chi connectivity index (χ0v) is 21.9. The van der Waals surface area contributed by atoms with Crippen molar-refractivity contribution in [3.8, 4) is 11.5 Å². The second-order valence-electron chi connectivity index (χ2n) is 6.75. The summed E-state index contributed by atoms with van der Waals surface area (Å²) in [6.07, 6.45) is 7.19. The number of hydrogen-bond donors (Lipinski definition) is 0. The van der Waals surface area contributed by atoms with Crippen LogP contribution in [0, 0.1) is 13.8 Å². The van der Waals surface area contributed by atoms with Crippen molar-refractivity contribution in [2.24, 2.45) is 0 Å². The van der Waals surface area contributed by atoms with Crippen LogP contribution in [0.3, 0.4) is 0 Å². The molecule has 0 fully saturated rings. The molecule has 4 heteroatoms. The Labute approximate surface area is 210 Å². The Kier molecular flexibility index (Phi) is 17.4. The van der Waals surface area contributed by atoms with Crippen LogP contribution in [0.1, 0.15) is 49.9 Å². The van der Waals surface area contributed by atoms with Gasteiger partial charge in [0.2, 0.25) is 0 Å². The van der Waals surface area contributed by atoms with E-state index in [1.807, 2.05) is 90.1 Å². The predicted molar refractivity (Wildman–Crippen MR) is 148 cm³/mol. The van der Waals surface area contributed by atoms with Gasteiger partial charge in [0, 0.05) is 6.08 Å². The number of aldehydes is 1. The number of rotatable bonds is 6. The molecule has 0 aromatic heterocycles. The molecule has 3 aromatic rings. The lowest BCUT2D eigenvalue weighted by Crippen LogP contribution is -2.03. The van der Waals surface area contributed by atoms with Crippen molar-refractivity contribution < 1.29 is 19.1 Å². The van der Waals surface area contributed by atoms with E-state index in [1.54, 1.807) is 43.5 Å². The molecular weight excluding hydrogens is 436 g/mol. The van der Waals surface area contributed by atoms with Crippen LogP contribution in [0.4, 0.5) is 0 Å². The van der Waals surface area contributed by atoms with Crippen molar-refractivity contribution in [1.29, 1.82) is 0 Å². The third-order valence-corrected chi connectivity index (χ3v) is 4.21. The highest BCUT2D eigenvalue weighted by Crippen LogP contribution is 2.17. The van der Waals surface area contributed by atoms with Gasteiger partial charge in [-0.05, 0) is 61.4 Å². The van der Waals surface area contributed by atoms with Crippen molar-refractivity contribution in [2.75, 3.05) is 7.11 Å². The van der Waals surface area contributed by atoms with E-state index in [-0.39, 0.29) is 0 Å². The number of ether oxygens (including phenoxy) is 2. The van der Waals surface area contributed by atoms with Gasteiger partial charge >= 0.3 is 5.97 Å². The largest absolute Gasteiger partial charge is 0.497 e. The summed E-state index contributed by atoms with van der Waals surface area (Å²) in [5.74, 6) is 0.806. The van der Waals surface area contributed by atoms with Crippen LogP contribution >= 0.6 is 0 Å². The third-order valence-electron chi connectivity index (χ3n) is 4.21. The van der Waals surface area contributed by atoms with Crippen LogP contribution in [-0.4, -0.2) is 19.4 Å². The van der Waals surface area contributed by atoms with E-state index in [0.29, 0.717) is 5.75 Å². The molecule has 0 radical (unpaired) electrons. The Morgan fingerprint density at radius 2 is 1.09 bits per heavy atom. The van der Waals surface area contributed by atoms with Gasteiger partial charge in [-0.15, -0.1) is 0 Å². The fourth-order valence-corrected chi connectivity index (χ4v) is 2.46. The highest BCUT2D eigenvalue weighted by Gasteiger charge is 2.00. The fourth-order valence-electron chi connectivity index (χ4n) is 2.46. The van der Waals surface area contributed by atoms with E-state index in [2.05, 4.69) is 0 Å². The number of carbonyl (C=O) groups is 2. The lowest BCUT2D eigenvalue weighted by Gasteiger charge is -2.03. The molecular formula is C31H38O4. The van der Waals surface area contributed by atoms with Crippen molar-refractivity contribution in [3.63, 3.8) is 0 Å². The smallest absolute Gasteiger partial charge is 0.336 e. The average molecular weight is 475 g/mol. The summed E-state index contributed by atoms with van der Waals surface area (Å²) in [4.78, 5) is 21.6. The summed E-state index contributed by atoms with van der Waals surface area (Å²) in [6, 6.07) is 22.8. The number of esters is 1. The Morgan fingerprint density at radius 3 is 1.51 bits per heavy atom. The quantitative estimate of drug-likeness (QED) is 0.158. The first-order valence-electron chi connectivity index (χ1n) is 11.8. The third kappa shape index (κ3) is 14.1. The SMILES string of the molecule is CC.CC.COc1ccc(OC(=O)/C=C/c2ccc(C)cc2)cc1.Cc1ccc(/C=C/C=O)cc1. The molecule has 0 atom stereocenters. The van der Waals surface area contributed by atoms with Crippen LogP contribution in [-0.2, 0) is 9.59 Å². The minimum absolute atomic E-state index is 0.407. The molecule has 186 valence electrons. The normalized spacial score (nSPS) is 9.57. The summed E-state index contributed by atoms with van der Waals surface area (Å²) < 4.78 is 10.2. The van der Waals surface area contributed by atoms with Crippen molar-refractivity contribution in [2.45, 2.75) is 41.5 Å². The molecule has 0 aliphatic rings. The van der Waals surface area contributed by atoms with Crippen molar-refractivity contribution in [1.82, 2.24) is 0 Å². The molecule has 0 unspecified atom stereocenters. The number of allylic oxidation sites excluding steroid dienone is 1. The Balaban J connectivity index is 0.000000652. The summed E-state index contributed by atoms with van der Waals surface area (Å²) in [5, 5.41) is 0. The molecule has 0 aliphatic heterocycles. The zero-order valence-electron chi connectivity index (χ0n) is 21.9. The van der Waals surface area contributed by atoms with Gasteiger partial charge in [-0.3, -0.25) is 4.79 Å². The van der Waals surface area contributed by atoms with Crippen LogP contribution in [0.15, 0.2) is 84.9 Å². The van der Waals surface area contributed by atoms with Crippen LogP contribution in [0.2, 0.25) is 0 Å². The Morgan fingerprint density at radius 1 is 0.657 bits per heavy atom. The van der Waals surface area contributed by atoms with Crippen molar-refractivity contribution >= 4 is 24.4 Å². The van der Waals surface area contributed by atoms with E-state index in [1.165, 1.54) is 23.3 Å². The minimum atomic E-state index is -0.407. The molecule has 0 amide bonds.